The fourth-order valence-corrected chi connectivity index (χ4v) is 2.89. The third-order valence-corrected chi connectivity index (χ3v) is 4.40. The normalized spacial score (nSPS) is 15.0. The summed E-state index contributed by atoms with van der Waals surface area (Å²) < 4.78 is 5.67. The van der Waals surface area contributed by atoms with Crippen LogP contribution in [0.3, 0.4) is 0 Å². The van der Waals surface area contributed by atoms with E-state index in [-0.39, 0.29) is 0 Å². The fraction of sp³-hybridized carbons (Fsp3) is 0.611. The lowest BCUT2D eigenvalue weighted by Crippen LogP contribution is -2.28. The molecule has 1 aliphatic rings. The Morgan fingerprint density at radius 3 is 2.59 bits per heavy atom. The topological polar surface area (TPSA) is 24.5 Å². The van der Waals surface area contributed by atoms with Crippen molar-refractivity contribution in [3.05, 3.63) is 29.8 Å². The first-order valence-electron chi connectivity index (χ1n) is 8.53. The van der Waals surface area contributed by atoms with Crippen LogP contribution in [0, 0.1) is 0 Å². The molecule has 2 rings (SSSR count). The Labute approximate surface area is 140 Å². The number of likely N-dealkylation sites (tertiary alicyclic amines) is 1. The lowest BCUT2D eigenvalue weighted by Gasteiger charge is -2.15. The highest BCUT2D eigenvalue weighted by atomic mass is 32.1. The number of rotatable bonds is 9. The fourth-order valence-electron chi connectivity index (χ4n) is 2.65. The van der Waals surface area contributed by atoms with Gasteiger partial charge in [0.2, 0.25) is 0 Å². The zero-order chi connectivity index (χ0) is 15.6. The number of thiocarbonyl (C=S) groups is 1. The molecular weight excluding hydrogens is 292 g/mol. The predicted octanol–water partition coefficient (Wildman–Crippen LogP) is 3.62. The second-order valence-corrected chi connectivity index (χ2v) is 6.29. The van der Waals surface area contributed by atoms with E-state index in [9.17, 15) is 0 Å². The largest absolute Gasteiger partial charge is 0.494 e. The standard InChI is InChI=1S/C18H28N2OS/c1-2-3-15-21-17-9-7-16(8-10-17)18(22)19-11-6-14-20-12-4-5-13-20/h7-10H,2-6,11-15H2,1H3,(H,19,22). The van der Waals surface area contributed by atoms with Crippen LogP contribution in [0.25, 0.3) is 0 Å². The number of benzene rings is 1. The van der Waals surface area contributed by atoms with Gasteiger partial charge in [0.1, 0.15) is 10.7 Å². The van der Waals surface area contributed by atoms with Crippen LogP contribution in [0.15, 0.2) is 24.3 Å². The molecule has 0 unspecified atom stereocenters. The minimum absolute atomic E-state index is 0.787. The van der Waals surface area contributed by atoms with Crippen LogP contribution in [0.4, 0.5) is 0 Å². The van der Waals surface area contributed by atoms with Gasteiger partial charge >= 0.3 is 0 Å². The Kier molecular flexibility index (Phi) is 7.67. The van der Waals surface area contributed by atoms with E-state index < -0.39 is 0 Å². The van der Waals surface area contributed by atoms with Crippen molar-refractivity contribution in [1.82, 2.24) is 10.2 Å². The van der Waals surface area contributed by atoms with Crippen molar-refractivity contribution in [2.45, 2.75) is 39.0 Å². The van der Waals surface area contributed by atoms with E-state index in [2.05, 4.69) is 17.1 Å². The number of ether oxygens (including phenoxy) is 1. The van der Waals surface area contributed by atoms with E-state index in [1.807, 2.05) is 24.3 Å². The number of hydrogen-bond acceptors (Lipinski definition) is 3. The molecule has 1 saturated heterocycles. The Hall–Kier alpha value is -1.13. The first kappa shape index (κ1) is 17.2. The van der Waals surface area contributed by atoms with Crippen molar-refractivity contribution in [2.75, 3.05) is 32.8 Å². The van der Waals surface area contributed by atoms with Gasteiger partial charge in [0.25, 0.3) is 0 Å². The van der Waals surface area contributed by atoms with E-state index in [1.165, 1.54) is 32.5 Å². The van der Waals surface area contributed by atoms with Gasteiger partial charge in [0, 0.05) is 12.1 Å². The third kappa shape index (κ3) is 5.93. The van der Waals surface area contributed by atoms with Gasteiger partial charge in [-0.3, -0.25) is 0 Å². The average molecular weight is 321 g/mol. The Bertz CT molecular complexity index is 441. The van der Waals surface area contributed by atoms with Crippen molar-refractivity contribution >= 4 is 17.2 Å². The van der Waals surface area contributed by atoms with E-state index >= 15 is 0 Å². The zero-order valence-electron chi connectivity index (χ0n) is 13.6. The average Bonchev–Trinajstić information content (AvgIpc) is 3.06. The first-order chi connectivity index (χ1) is 10.8. The van der Waals surface area contributed by atoms with Gasteiger partial charge in [-0.05, 0) is 69.6 Å². The molecule has 1 N–H and O–H groups in total. The summed E-state index contributed by atoms with van der Waals surface area (Å²) >= 11 is 5.45. The molecule has 1 fully saturated rings. The molecule has 1 aromatic carbocycles. The highest BCUT2D eigenvalue weighted by molar-refractivity contribution is 7.80. The van der Waals surface area contributed by atoms with Crippen molar-refractivity contribution in [3.63, 3.8) is 0 Å². The summed E-state index contributed by atoms with van der Waals surface area (Å²) in [6.45, 7) is 7.62. The molecule has 122 valence electrons. The summed E-state index contributed by atoms with van der Waals surface area (Å²) in [6.07, 6.45) is 6.12. The van der Waals surface area contributed by atoms with E-state index in [4.69, 9.17) is 17.0 Å². The second-order valence-electron chi connectivity index (χ2n) is 5.88. The molecule has 3 nitrogen and oxygen atoms in total. The lowest BCUT2D eigenvalue weighted by molar-refractivity contribution is 0.309. The summed E-state index contributed by atoms with van der Waals surface area (Å²) in [6, 6.07) is 8.08. The Balaban J connectivity index is 1.65. The van der Waals surface area contributed by atoms with Crippen LogP contribution < -0.4 is 10.1 Å². The second kappa shape index (κ2) is 9.80. The highest BCUT2D eigenvalue weighted by Crippen LogP contribution is 2.13. The first-order valence-corrected chi connectivity index (χ1v) is 8.94. The van der Waals surface area contributed by atoms with Crippen LogP contribution >= 0.6 is 12.2 Å². The molecule has 0 spiro atoms. The molecule has 0 bridgehead atoms. The maximum atomic E-state index is 5.67. The van der Waals surface area contributed by atoms with Crippen molar-refractivity contribution in [2.24, 2.45) is 0 Å². The van der Waals surface area contributed by atoms with Crippen LogP contribution in [0.2, 0.25) is 0 Å². The van der Waals surface area contributed by atoms with E-state index in [1.54, 1.807) is 0 Å². The lowest BCUT2D eigenvalue weighted by atomic mass is 10.2. The van der Waals surface area contributed by atoms with Gasteiger partial charge in [-0.25, -0.2) is 0 Å². The van der Waals surface area contributed by atoms with E-state index in [0.717, 1.165) is 48.7 Å². The summed E-state index contributed by atoms with van der Waals surface area (Å²) in [5, 5.41) is 3.36. The molecule has 22 heavy (non-hydrogen) atoms. The van der Waals surface area contributed by atoms with Crippen LogP contribution in [-0.2, 0) is 0 Å². The zero-order valence-corrected chi connectivity index (χ0v) is 14.5. The van der Waals surface area contributed by atoms with Gasteiger partial charge in [-0.15, -0.1) is 0 Å². The Morgan fingerprint density at radius 1 is 1.18 bits per heavy atom. The molecule has 0 aliphatic carbocycles. The van der Waals surface area contributed by atoms with Crippen molar-refractivity contribution in [1.29, 1.82) is 0 Å². The SMILES string of the molecule is CCCCOc1ccc(C(=S)NCCCN2CCCC2)cc1. The van der Waals surface area contributed by atoms with Gasteiger partial charge in [-0.1, -0.05) is 25.6 Å². The van der Waals surface area contributed by atoms with Gasteiger partial charge in [-0.2, -0.15) is 0 Å². The van der Waals surface area contributed by atoms with Gasteiger partial charge < -0.3 is 15.0 Å². The molecule has 0 amide bonds. The minimum atomic E-state index is 0.787. The quantitative estimate of drug-likeness (QED) is 0.555. The maximum absolute atomic E-state index is 5.67. The van der Waals surface area contributed by atoms with Crippen LogP contribution in [-0.4, -0.2) is 42.7 Å². The molecule has 1 aromatic rings. The van der Waals surface area contributed by atoms with Crippen molar-refractivity contribution in [3.8, 4) is 5.75 Å². The molecule has 0 atom stereocenters. The molecule has 0 aromatic heterocycles. The summed E-state index contributed by atoms with van der Waals surface area (Å²) in [7, 11) is 0. The molecule has 1 heterocycles. The summed E-state index contributed by atoms with van der Waals surface area (Å²) in [4.78, 5) is 3.37. The van der Waals surface area contributed by atoms with Gasteiger partial charge in [0.15, 0.2) is 0 Å². The van der Waals surface area contributed by atoms with Crippen molar-refractivity contribution < 1.29 is 4.74 Å². The predicted molar refractivity (Wildman–Crippen MR) is 96.8 cm³/mol. The number of nitrogens with zero attached hydrogens (tertiary/aromatic N) is 1. The Morgan fingerprint density at radius 2 is 1.91 bits per heavy atom. The monoisotopic (exact) mass is 320 g/mol. The van der Waals surface area contributed by atoms with E-state index in [0.29, 0.717) is 0 Å². The summed E-state index contributed by atoms with van der Waals surface area (Å²) in [5.41, 5.74) is 1.07. The maximum Gasteiger partial charge on any atom is 0.119 e. The molecular formula is C18H28N2OS. The molecule has 1 aliphatic heterocycles. The molecule has 0 saturated carbocycles. The molecule has 0 radical (unpaired) electrons. The third-order valence-electron chi connectivity index (χ3n) is 4.02. The smallest absolute Gasteiger partial charge is 0.119 e. The number of nitrogens with one attached hydrogen (secondary N) is 1. The number of hydrogen-bond donors (Lipinski definition) is 1. The van der Waals surface area contributed by atoms with Crippen LogP contribution in [0.1, 0.15) is 44.6 Å². The van der Waals surface area contributed by atoms with Crippen LogP contribution in [0.5, 0.6) is 5.75 Å². The summed E-state index contributed by atoms with van der Waals surface area (Å²) in [5.74, 6) is 0.925. The minimum Gasteiger partial charge on any atom is -0.494 e. The molecule has 4 heteroatoms. The number of unbranched alkanes of at least 4 members (excludes halogenated alkanes) is 1. The highest BCUT2D eigenvalue weighted by Gasteiger charge is 2.10. The van der Waals surface area contributed by atoms with Gasteiger partial charge in [0.05, 0.1) is 6.61 Å².